The third-order valence-corrected chi connectivity index (χ3v) is 5.09. The maximum absolute atomic E-state index is 13.4. The Labute approximate surface area is 181 Å². The van der Waals surface area contributed by atoms with Gasteiger partial charge in [0.25, 0.3) is 0 Å². The molecule has 0 atom stereocenters. The van der Waals surface area contributed by atoms with Gasteiger partial charge in [-0.05, 0) is 47.3 Å². The zero-order valence-corrected chi connectivity index (χ0v) is 19.0. The van der Waals surface area contributed by atoms with Crippen LogP contribution >= 0.6 is 0 Å². The summed E-state index contributed by atoms with van der Waals surface area (Å²) in [4.78, 5) is 0. The van der Waals surface area contributed by atoms with Gasteiger partial charge in [-0.1, -0.05) is 36.4 Å². The molecule has 0 N–H and O–H groups in total. The zero-order valence-electron chi connectivity index (χ0n) is 16.5. The van der Waals surface area contributed by atoms with E-state index in [1.54, 1.807) is 0 Å². The van der Waals surface area contributed by atoms with Crippen LogP contribution in [0.5, 0.6) is 0 Å². The minimum atomic E-state index is -11.2. The van der Waals surface area contributed by atoms with E-state index < -0.39 is 19.5 Å². The molecule has 0 amide bonds. The van der Waals surface area contributed by atoms with Crippen LogP contribution in [0.1, 0.15) is 5.56 Å². The third kappa shape index (κ3) is 5.60. The summed E-state index contributed by atoms with van der Waals surface area (Å²) in [6, 6.07) is 26.2. The van der Waals surface area contributed by atoms with Crippen LogP contribution in [0.15, 0.2) is 78.9 Å². The van der Waals surface area contributed by atoms with Crippen molar-refractivity contribution in [3.63, 3.8) is 0 Å². The van der Waals surface area contributed by atoms with Crippen molar-refractivity contribution < 1.29 is 25.8 Å². The topological polar surface area (TPSA) is 3.88 Å². The molecular formula is C23H17F7NSb. The molecule has 4 aromatic rings. The fourth-order valence-corrected chi connectivity index (χ4v) is 3.91. The van der Waals surface area contributed by atoms with Crippen molar-refractivity contribution in [3.05, 3.63) is 90.2 Å². The summed E-state index contributed by atoms with van der Waals surface area (Å²) in [5, 5.41) is 2.48. The van der Waals surface area contributed by atoms with Crippen molar-refractivity contribution in [2.24, 2.45) is 0 Å². The van der Waals surface area contributed by atoms with Gasteiger partial charge >= 0.3 is 36.4 Å². The summed E-state index contributed by atoms with van der Waals surface area (Å²) >= 11 is -11.2. The Balaban J connectivity index is 0.000000307. The van der Waals surface area contributed by atoms with Gasteiger partial charge in [-0.2, -0.15) is 4.57 Å². The van der Waals surface area contributed by atoms with Gasteiger partial charge in [0, 0.05) is 18.1 Å². The second kappa shape index (κ2) is 7.20. The van der Waals surface area contributed by atoms with Gasteiger partial charge < -0.3 is 0 Å². The second-order valence-corrected chi connectivity index (χ2v) is 13.0. The number of benzene rings is 3. The normalized spacial score (nSPS) is 15.0. The Hall–Kier alpha value is -2.60. The molecule has 0 radical (unpaired) electrons. The molecule has 9 heteroatoms. The molecular weight excluding hydrogens is 545 g/mol. The van der Waals surface area contributed by atoms with Crippen molar-refractivity contribution in [1.29, 1.82) is 0 Å². The van der Waals surface area contributed by atoms with E-state index in [1.165, 1.54) is 39.7 Å². The molecule has 1 aliphatic heterocycles. The fraction of sp³-hybridized carbons (Fsp3) is 0.0870. The van der Waals surface area contributed by atoms with Crippen LogP contribution in [0.25, 0.3) is 33.3 Å². The van der Waals surface area contributed by atoms with Crippen LogP contribution in [0.4, 0.5) is 21.3 Å². The third-order valence-electron chi connectivity index (χ3n) is 5.09. The summed E-state index contributed by atoms with van der Waals surface area (Å²) in [7, 11) is 0. The number of fused-ring (bicyclic) bond motifs is 5. The van der Waals surface area contributed by atoms with E-state index in [9.17, 15) is 21.3 Å². The number of hydrogen-bond donors (Lipinski definition) is 0. The molecule has 2 heterocycles. The number of aryl methyl sites for hydroxylation is 1. The van der Waals surface area contributed by atoms with Gasteiger partial charge in [-0.25, -0.2) is 4.39 Å². The summed E-state index contributed by atoms with van der Waals surface area (Å²) in [5.74, 6) is -0.200. The SMILES string of the molecule is Fc1ccc(-c2cc3ccccc3c3[n+]2CCc2ccccc2-3)cc1.[F][Sb-]([F])([F])([F])([F])[F]. The number of hydrogen-bond acceptors (Lipinski definition) is 0. The summed E-state index contributed by atoms with van der Waals surface area (Å²) < 4.78 is 75.3. The second-order valence-electron chi connectivity index (χ2n) is 7.49. The quantitative estimate of drug-likeness (QED) is 0.130. The Morgan fingerprint density at radius 3 is 2.00 bits per heavy atom. The molecule has 3 aromatic carbocycles. The van der Waals surface area contributed by atoms with E-state index in [4.69, 9.17) is 0 Å². The maximum atomic E-state index is 13.4. The summed E-state index contributed by atoms with van der Waals surface area (Å²) in [6.45, 7) is 0.934. The molecule has 0 unspecified atom stereocenters. The molecule has 0 fully saturated rings. The van der Waals surface area contributed by atoms with Gasteiger partial charge in [0.05, 0.1) is 10.9 Å². The molecule has 32 heavy (non-hydrogen) atoms. The molecule has 0 saturated heterocycles. The first-order chi connectivity index (χ1) is 14.8. The predicted octanol–water partition coefficient (Wildman–Crippen LogP) is 7.30. The van der Waals surface area contributed by atoms with E-state index in [2.05, 4.69) is 59.2 Å². The van der Waals surface area contributed by atoms with Gasteiger partial charge in [0.2, 0.25) is 11.4 Å². The number of rotatable bonds is 1. The molecule has 0 aliphatic carbocycles. The van der Waals surface area contributed by atoms with E-state index in [1.807, 2.05) is 12.1 Å². The number of aromatic nitrogens is 1. The van der Waals surface area contributed by atoms with Crippen LogP contribution in [-0.4, -0.2) is 19.5 Å². The average Bonchev–Trinajstić information content (AvgIpc) is 2.71. The molecule has 168 valence electrons. The molecule has 5 rings (SSSR count). The number of halogens is 7. The average molecular weight is 562 g/mol. The van der Waals surface area contributed by atoms with Crippen LogP contribution < -0.4 is 4.57 Å². The summed E-state index contributed by atoms with van der Waals surface area (Å²) in [6.07, 6.45) is 1.01. The molecule has 1 nitrogen and oxygen atoms in total. The first-order valence-corrected chi connectivity index (χ1v) is 15.4. The number of pyridine rings is 1. The Morgan fingerprint density at radius 1 is 0.719 bits per heavy atom. The predicted molar refractivity (Wildman–Crippen MR) is 111 cm³/mol. The Morgan fingerprint density at radius 2 is 1.31 bits per heavy atom. The van der Waals surface area contributed by atoms with Gasteiger partial charge in [0.15, 0.2) is 6.54 Å². The summed E-state index contributed by atoms with van der Waals surface area (Å²) in [5.41, 5.74) is 6.15. The standard InChI is InChI=1S/C23H17FN.6FH.Sb/c24-19-11-9-17(10-12-19)22-15-18-6-2-4-8-21(18)23-20-7-3-1-5-16(20)13-14-25(22)23;;;;;;;/h1-12,15H,13-14H2;6*1H;/q+1;;;;;;;+5/p-6. The molecule has 0 spiro atoms. The van der Waals surface area contributed by atoms with Crippen LogP contribution in [0.2, 0.25) is 0 Å². The van der Waals surface area contributed by atoms with Crippen LogP contribution in [0, 0.1) is 5.82 Å². The first kappa shape index (κ1) is 22.6. The molecule has 1 aliphatic rings. The van der Waals surface area contributed by atoms with Crippen LogP contribution in [0.3, 0.4) is 0 Å². The van der Waals surface area contributed by atoms with E-state index in [-0.39, 0.29) is 5.82 Å². The van der Waals surface area contributed by atoms with E-state index in [0.717, 1.165) is 24.2 Å². The van der Waals surface area contributed by atoms with E-state index in [0.29, 0.717) is 0 Å². The first-order valence-electron chi connectivity index (χ1n) is 9.62. The van der Waals surface area contributed by atoms with Gasteiger partial charge in [0.1, 0.15) is 5.82 Å². The molecule has 0 saturated carbocycles. The van der Waals surface area contributed by atoms with Crippen molar-refractivity contribution in [2.75, 3.05) is 0 Å². The van der Waals surface area contributed by atoms with Gasteiger partial charge in [-0.3, -0.25) is 0 Å². The monoisotopic (exact) mass is 561 g/mol. The Kier molecular flexibility index (Phi) is 5.08. The molecule has 0 bridgehead atoms. The van der Waals surface area contributed by atoms with Gasteiger partial charge in [-0.15, -0.1) is 0 Å². The van der Waals surface area contributed by atoms with E-state index >= 15 is 0 Å². The fourth-order valence-electron chi connectivity index (χ4n) is 3.91. The van der Waals surface area contributed by atoms with Crippen LogP contribution in [-0.2, 0) is 13.0 Å². The van der Waals surface area contributed by atoms with Crippen molar-refractivity contribution in [2.45, 2.75) is 13.0 Å². The minimum absolute atomic E-state index is 0.200. The number of nitrogens with zero attached hydrogens (tertiary/aromatic N) is 1. The van der Waals surface area contributed by atoms with Crippen molar-refractivity contribution >= 4 is 30.2 Å². The Bertz CT molecular complexity index is 1300. The van der Waals surface area contributed by atoms with Crippen molar-refractivity contribution in [3.8, 4) is 22.5 Å². The molecule has 1 aromatic heterocycles. The van der Waals surface area contributed by atoms with Crippen molar-refractivity contribution in [1.82, 2.24) is 0 Å². The zero-order chi connectivity index (χ0) is 23.2.